The van der Waals surface area contributed by atoms with Gasteiger partial charge in [0.1, 0.15) is 19.0 Å². The Bertz CT molecular complexity index is 986. The third kappa shape index (κ3) is 5.47. The summed E-state index contributed by atoms with van der Waals surface area (Å²) in [6.07, 6.45) is 0. The topological polar surface area (TPSA) is 102 Å². The summed E-state index contributed by atoms with van der Waals surface area (Å²) < 4.78 is 35.3. The lowest BCUT2D eigenvalue weighted by Crippen LogP contribution is -2.44. The van der Waals surface area contributed by atoms with Crippen molar-refractivity contribution in [2.45, 2.75) is 11.8 Å². The maximum atomic E-state index is 12.3. The molecule has 0 amide bonds. The van der Waals surface area contributed by atoms with Gasteiger partial charge in [0.15, 0.2) is 0 Å². The van der Waals surface area contributed by atoms with Crippen LogP contribution in [0.15, 0.2) is 47.4 Å². The SMILES string of the molecule is Cc1ccc(S(=O)(=O)OCCOc2cc([N+](=O)[O-])ccc2N2CCN(C)CC2)cc1. The molecule has 1 aliphatic heterocycles. The zero-order valence-electron chi connectivity index (χ0n) is 17.0. The Morgan fingerprint density at radius 2 is 1.70 bits per heavy atom. The normalized spacial score (nSPS) is 15.2. The molecule has 0 aromatic heterocycles. The number of nitro benzene ring substituents is 1. The minimum absolute atomic E-state index is 0.0625. The number of ether oxygens (including phenoxy) is 1. The second-order valence-electron chi connectivity index (χ2n) is 7.14. The Morgan fingerprint density at radius 1 is 1.03 bits per heavy atom. The molecule has 0 spiro atoms. The highest BCUT2D eigenvalue weighted by Crippen LogP contribution is 2.33. The van der Waals surface area contributed by atoms with Gasteiger partial charge in [-0.3, -0.25) is 14.3 Å². The molecule has 2 aromatic carbocycles. The molecule has 10 heteroatoms. The molecule has 1 heterocycles. The summed E-state index contributed by atoms with van der Waals surface area (Å²) >= 11 is 0. The number of nitrogens with zero attached hydrogens (tertiary/aromatic N) is 3. The molecule has 1 fully saturated rings. The number of non-ortho nitro benzene ring substituents is 1. The summed E-state index contributed by atoms with van der Waals surface area (Å²) in [6.45, 7) is 4.87. The van der Waals surface area contributed by atoms with E-state index in [9.17, 15) is 18.5 Å². The van der Waals surface area contributed by atoms with Crippen molar-refractivity contribution in [2.24, 2.45) is 0 Å². The average Bonchev–Trinajstić information content (AvgIpc) is 2.72. The summed E-state index contributed by atoms with van der Waals surface area (Å²) in [4.78, 5) is 15.0. The van der Waals surface area contributed by atoms with Crippen LogP contribution in [0.4, 0.5) is 11.4 Å². The van der Waals surface area contributed by atoms with E-state index in [-0.39, 0.29) is 23.8 Å². The molecule has 0 unspecified atom stereocenters. The van der Waals surface area contributed by atoms with Gasteiger partial charge in [-0.25, -0.2) is 0 Å². The van der Waals surface area contributed by atoms with Gasteiger partial charge in [-0.1, -0.05) is 17.7 Å². The molecule has 3 rings (SSSR count). The van der Waals surface area contributed by atoms with Gasteiger partial charge in [-0.2, -0.15) is 8.42 Å². The number of piperazine rings is 1. The van der Waals surface area contributed by atoms with Gasteiger partial charge >= 0.3 is 0 Å². The van der Waals surface area contributed by atoms with Crippen LogP contribution in [-0.2, 0) is 14.3 Å². The van der Waals surface area contributed by atoms with Crippen molar-refractivity contribution >= 4 is 21.5 Å². The Hall–Kier alpha value is -2.69. The molecular weight excluding hydrogens is 410 g/mol. The van der Waals surface area contributed by atoms with Crippen LogP contribution in [0, 0.1) is 17.0 Å². The van der Waals surface area contributed by atoms with E-state index in [0.29, 0.717) is 5.75 Å². The Labute approximate surface area is 176 Å². The maximum Gasteiger partial charge on any atom is 0.297 e. The van der Waals surface area contributed by atoms with Crippen LogP contribution in [0.25, 0.3) is 0 Å². The quantitative estimate of drug-likeness (QED) is 0.270. The van der Waals surface area contributed by atoms with Crippen LogP contribution in [0.2, 0.25) is 0 Å². The smallest absolute Gasteiger partial charge is 0.297 e. The Balaban J connectivity index is 1.66. The van der Waals surface area contributed by atoms with Gasteiger partial charge < -0.3 is 14.5 Å². The number of nitro groups is 1. The number of rotatable bonds is 8. The van der Waals surface area contributed by atoms with E-state index in [0.717, 1.165) is 37.4 Å². The molecule has 2 aromatic rings. The van der Waals surface area contributed by atoms with Crippen LogP contribution >= 0.6 is 0 Å². The van der Waals surface area contributed by atoms with E-state index in [1.807, 2.05) is 14.0 Å². The average molecular weight is 436 g/mol. The lowest BCUT2D eigenvalue weighted by atomic mass is 10.2. The fourth-order valence-corrected chi connectivity index (χ4v) is 4.00. The van der Waals surface area contributed by atoms with E-state index in [1.54, 1.807) is 18.2 Å². The van der Waals surface area contributed by atoms with Gasteiger partial charge in [0.2, 0.25) is 0 Å². The van der Waals surface area contributed by atoms with Gasteiger partial charge in [0.05, 0.1) is 21.6 Å². The molecule has 1 saturated heterocycles. The number of likely N-dealkylation sites (N-methyl/N-ethyl adjacent to an activating group) is 1. The first-order valence-electron chi connectivity index (χ1n) is 9.57. The van der Waals surface area contributed by atoms with Crippen molar-refractivity contribution in [3.8, 4) is 5.75 Å². The highest BCUT2D eigenvalue weighted by Gasteiger charge is 2.21. The minimum atomic E-state index is -3.89. The standard InChI is InChI=1S/C20H25N3O6S/c1-16-3-6-18(7-4-16)30(26,27)29-14-13-28-20-15-17(23(24)25)5-8-19(20)22-11-9-21(2)10-12-22/h3-8,15H,9-14H2,1-2H3. The first kappa shape index (κ1) is 22.0. The summed E-state index contributed by atoms with van der Waals surface area (Å²) in [5, 5.41) is 11.2. The summed E-state index contributed by atoms with van der Waals surface area (Å²) in [5.41, 5.74) is 1.60. The van der Waals surface area contributed by atoms with Crippen molar-refractivity contribution in [3.63, 3.8) is 0 Å². The van der Waals surface area contributed by atoms with Gasteiger partial charge in [0.25, 0.3) is 15.8 Å². The highest BCUT2D eigenvalue weighted by atomic mass is 32.2. The predicted molar refractivity (Wildman–Crippen MR) is 113 cm³/mol. The molecule has 0 N–H and O–H groups in total. The van der Waals surface area contributed by atoms with Crippen LogP contribution in [-0.4, -0.2) is 64.7 Å². The molecule has 9 nitrogen and oxygen atoms in total. The van der Waals surface area contributed by atoms with Gasteiger partial charge in [0, 0.05) is 32.2 Å². The zero-order chi connectivity index (χ0) is 21.7. The van der Waals surface area contributed by atoms with E-state index in [4.69, 9.17) is 8.92 Å². The first-order chi connectivity index (χ1) is 14.3. The van der Waals surface area contributed by atoms with Crippen molar-refractivity contribution in [3.05, 3.63) is 58.1 Å². The molecular formula is C20H25N3O6S. The zero-order valence-corrected chi connectivity index (χ0v) is 17.8. The fraction of sp³-hybridized carbons (Fsp3) is 0.400. The van der Waals surface area contributed by atoms with Crippen molar-refractivity contribution in [1.82, 2.24) is 4.90 Å². The molecule has 0 radical (unpaired) electrons. The second kappa shape index (κ2) is 9.41. The van der Waals surface area contributed by atoms with Crippen molar-refractivity contribution < 1.29 is 22.3 Å². The molecule has 1 aliphatic rings. The second-order valence-corrected chi connectivity index (χ2v) is 8.75. The van der Waals surface area contributed by atoms with Crippen LogP contribution < -0.4 is 9.64 Å². The maximum absolute atomic E-state index is 12.3. The third-order valence-electron chi connectivity index (χ3n) is 4.89. The van der Waals surface area contributed by atoms with Gasteiger partial charge in [-0.15, -0.1) is 0 Å². The lowest BCUT2D eigenvalue weighted by molar-refractivity contribution is -0.384. The number of benzene rings is 2. The van der Waals surface area contributed by atoms with E-state index in [2.05, 4.69) is 9.80 Å². The minimum Gasteiger partial charge on any atom is -0.489 e. The monoisotopic (exact) mass is 435 g/mol. The third-order valence-corrected chi connectivity index (χ3v) is 6.21. The van der Waals surface area contributed by atoms with E-state index < -0.39 is 15.0 Å². The molecule has 0 atom stereocenters. The first-order valence-corrected chi connectivity index (χ1v) is 11.0. The van der Waals surface area contributed by atoms with Gasteiger partial charge in [-0.05, 0) is 32.2 Å². The Kier molecular flexibility index (Phi) is 6.91. The van der Waals surface area contributed by atoms with Crippen molar-refractivity contribution in [1.29, 1.82) is 0 Å². The summed E-state index contributed by atoms with van der Waals surface area (Å²) in [6, 6.07) is 10.8. The van der Waals surface area contributed by atoms with Crippen LogP contribution in [0.3, 0.4) is 0 Å². The van der Waals surface area contributed by atoms with E-state index >= 15 is 0 Å². The largest absolute Gasteiger partial charge is 0.489 e. The summed E-state index contributed by atoms with van der Waals surface area (Å²) in [7, 11) is -1.86. The number of hydrogen-bond acceptors (Lipinski definition) is 8. The highest BCUT2D eigenvalue weighted by molar-refractivity contribution is 7.86. The molecule has 30 heavy (non-hydrogen) atoms. The van der Waals surface area contributed by atoms with Crippen LogP contribution in [0.1, 0.15) is 5.56 Å². The van der Waals surface area contributed by atoms with Crippen LogP contribution in [0.5, 0.6) is 5.75 Å². The molecule has 0 bridgehead atoms. The Morgan fingerprint density at radius 3 is 2.33 bits per heavy atom. The number of hydrogen-bond donors (Lipinski definition) is 0. The molecule has 162 valence electrons. The van der Waals surface area contributed by atoms with E-state index in [1.165, 1.54) is 24.3 Å². The molecule has 0 saturated carbocycles. The predicted octanol–water partition coefficient (Wildman–Crippen LogP) is 2.44. The molecule has 0 aliphatic carbocycles. The summed E-state index contributed by atoms with van der Waals surface area (Å²) in [5.74, 6) is 0.338. The number of anilines is 1. The lowest BCUT2D eigenvalue weighted by Gasteiger charge is -2.34. The fourth-order valence-electron chi connectivity index (χ4n) is 3.11. The van der Waals surface area contributed by atoms with Crippen molar-refractivity contribution in [2.75, 3.05) is 51.3 Å². The number of aryl methyl sites for hydroxylation is 1.